The molecule has 6 N–H and O–H groups in total. The number of rotatable bonds is 38. The molecule has 2 aromatic rings. The van der Waals surface area contributed by atoms with Gasteiger partial charge in [0.05, 0.1) is 80.6 Å². The van der Waals surface area contributed by atoms with Crippen LogP contribution in [-0.2, 0) is 89.9 Å². The summed E-state index contributed by atoms with van der Waals surface area (Å²) in [5.41, 5.74) is 1.69. The second-order valence-electron chi connectivity index (χ2n) is 25.8. The number of nitrogens with zero attached hydrogens (tertiary/aromatic N) is 4. The fourth-order valence-electron chi connectivity index (χ4n) is 12.1. The molecule has 1 aliphatic carbocycles. The van der Waals surface area contributed by atoms with E-state index >= 15 is 0 Å². The van der Waals surface area contributed by atoms with Crippen molar-refractivity contribution >= 4 is 75.0 Å². The summed E-state index contributed by atoms with van der Waals surface area (Å²) in [4.78, 5) is 140. The summed E-state index contributed by atoms with van der Waals surface area (Å²) in [7, 11) is 2.05. The van der Waals surface area contributed by atoms with Crippen molar-refractivity contribution in [1.82, 2.24) is 40.3 Å². The van der Waals surface area contributed by atoms with Crippen molar-refractivity contribution < 1.29 is 85.2 Å². The lowest BCUT2D eigenvalue weighted by atomic mass is 9.89. The van der Waals surface area contributed by atoms with Gasteiger partial charge in [0, 0.05) is 66.5 Å². The SMILES string of the molecule is CC[C@H](C)[C@@H]([C@@H](CC(=O)N1CCC[C@H]1[C@H](OC)[C@@H](C)C(=O)N[C@@H](Cc1ccccc1)C(=O)NS(=O)(=O)C1CC1)OC)N(C)C(=O)[C@@H](NC(=O)[C@H](C(C)C)N(C)C(=O)OCc1ccc(NC(=O)[C@H](C)NC(=O)CCOCCOCCC(=O)N2CCC(C(=O)O)CC2)cc1)C(C)C. The van der Waals surface area contributed by atoms with Gasteiger partial charge in [-0.05, 0) is 86.5 Å². The molecule has 0 aromatic heterocycles. The van der Waals surface area contributed by atoms with Crippen LogP contribution in [0.3, 0.4) is 0 Å². The maximum Gasteiger partial charge on any atom is 0.410 e. The zero-order valence-corrected chi connectivity index (χ0v) is 58.1. The van der Waals surface area contributed by atoms with Crippen LogP contribution in [0.1, 0.15) is 131 Å². The Kier molecular flexibility index (Phi) is 31.3. The number of likely N-dealkylation sites (N-methyl/N-ethyl adjacent to an activating group) is 2. The number of nitrogens with one attached hydrogen (secondary N) is 5. The largest absolute Gasteiger partial charge is 0.481 e. The molecule has 2 heterocycles. The van der Waals surface area contributed by atoms with Crippen LogP contribution in [0.4, 0.5) is 10.5 Å². The van der Waals surface area contributed by atoms with E-state index in [1.54, 1.807) is 106 Å². The van der Waals surface area contributed by atoms with Crippen LogP contribution in [-0.4, -0.2) is 221 Å². The molecule has 5 rings (SSSR count). The highest BCUT2D eigenvalue weighted by atomic mass is 32.2. The zero-order chi connectivity index (χ0) is 70.3. The Morgan fingerprint density at radius 2 is 1.31 bits per heavy atom. The Balaban J connectivity index is 1.10. The molecule has 3 aliphatic rings. The molecule has 0 spiro atoms. The first kappa shape index (κ1) is 78.4. The van der Waals surface area contributed by atoms with Gasteiger partial charge in [-0.15, -0.1) is 0 Å². The molecule has 0 bridgehead atoms. The first-order valence-electron chi connectivity index (χ1n) is 33.1. The lowest BCUT2D eigenvalue weighted by molar-refractivity contribution is -0.148. The molecule has 2 aliphatic heterocycles. The Labute approximate surface area is 559 Å². The van der Waals surface area contributed by atoms with Crippen molar-refractivity contribution in [2.75, 3.05) is 79.7 Å². The minimum absolute atomic E-state index is 0.0112. The van der Waals surface area contributed by atoms with Crippen molar-refractivity contribution in [2.24, 2.45) is 29.6 Å². The van der Waals surface area contributed by atoms with Gasteiger partial charge >= 0.3 is 12.1 Å². The van der Waals surface area contributed by atoms with Gasteiger partial charge in [-0.2, -0.15) is 0 Å². The predicted octanol–water partition coefficient (Wildman–Crippen LogP) is 4.26. The van der Waals surface area contributed by atoms with Crippen LogP contribution in [0.5, 0.6) is 0 Å². The second kappa shape index (κ2) is 37.9. The summed E-state index contributed by atoms with van der Waals surface area (Å²) in [6.45, 7) is 15.8. The van der Waals surface area contributed by atoms with E-state index in [-0.39, 0.29) is 76.4 Å². The van der Waals surface area contributed by atoms with E-state index in [0.29, 0.717) is 81.4 Å². The average Bonchev–Trinajstić information content (AvgIpc) is 1.81. The molecule has 1 saturated carbocycles. The van der Waals surface area contributed by atoms with E-state index in [1.165, 1.54) is 38.0 Å². The molecule has 10 atom stereocenters. The number of amides is 9. The van der Waals surface area contributed by atoms with Crippen LogP contribution < -0.4 is 26.0 Å². The number of carbonyl (C=O) groups excluding carboxylic acids is 9. The van der Waals surface area contributed by atoms with Gasteiger partial charge in [-0.25, -0.2) is 13.2 Å². The number of carboxylic acids is 1. The molecule has 530 valence electrons. The third-order valence-electron chi connectivity index (χ3n) is 18.1. The molecule has 9 amide bonds. The number of benzene rings is 2. The lowest BCUT2D eigenvalue weighted by Crippen LogP contribution is -2.60. The predicted molar refractivity (Wildman–Crippen MR) is 352 cm³/mol. The van der Waals surface area contributed by atoms with Gasteiger partial charge < -0.3 is 64.8 Å². The smallest absolute Gasteiger partial charge is 0.410 e. The average molecular weight is 1350 g/mol. The minimum atomic E-state index is -3.92. The number of ether oxygens (including phenoxy) is 5. The molecular formula is C67H103N9O18S. The Hall–Kier alpha value is -7.27. The van der Waals surface area contributed by atoms with E-state index in [9.17, 15) is 56.4 Å². The fourth-order valence-corrected chi connectivity index (χ4v) is 13.4. The monoisotopic (exact) mass is 1350 g/mol. The van der Waals surface area contributed by atoms with Crippen LogP contribution in [0, 0.1) is 29.6 Å². The molecule has 3 fully saturated rings. The number of piperidine rings is 1. The summed E-state index contributed by atoms with van der Waals surface area (Å²) >= 11 is 0. The van der Waals surface area contributed by atoms with Crippen molar-refractivity contribution in [3.8, 4) is 0 Å². The topological polar surface area (TPSA) is 344 Å². The molecular weight excluding hydrogens is 1250 g/mol. The van der Waals surface area contributed by atoms with Gasteiger partial charge in [0.25, 0.3) is 5.91 Å². The molecule has 28 heteroatoms. The van der Waals surface area contributed by atoms with E-state index in [0.717, 1.165) is 0 Å². The van der Waals surface area contributed by atoms with Crippen LogP contribution in [0.2, 0.25) is 0 Å². The number of anilines is 1. The summed E-state index contributed by atoms with van der Waals surface area (Å²) < 4.78 is 56.5. The minimum Gasteiger partial charge on any atom is -0.481 e. The van der Waals surface area contributed by atoms with E-state index in [4.69, 9.17) is 28.8 Å². The normalized spacial score (nSPS) is 18.0. The van der Waals surface area contributed by atoms with Crippen molar-refractivity contribution in [3.63, 3.8) is 0 Å². The standard InChI is InChI=1S/C67H103N9O18S/c1-13-43(6)59(53(90-11)39-56(79)76-31-17-20-52(76)60(91-12)44(7)61(80)70-51(38-46-18-15-14-16-19-46)63(82)72-95(88,89)50-25-26-50)73(9)65(84)57(41(2)3)71-64(83)58(42(4)5)74(10)67(87)94-40-47-21-23-49(24-22-47)69-62(81)45(8)68-54(77)29-34-92-36-37-93-35-30-55(78)75-32-27-48(28-33-75)66(85)86/h14-16,18-19,21-24,41-45,48,50-53,57-60H,13,17,20,25-40H2,1-12H3,(H,68,77)(H,69,81)(H,70,80)(H,71,83)(H,72,82)(H,85,86)/t43-,44+,45-,51-,52-,53+,57-,58-,59-,60+/m0/s1. The summed E-state index contributed by atoms with van der Waals surface area (Å²) in [6, 6.07) is 9.90. The van der Waals surface area contributed by atoms with Gasteiger partial charge in [0.2, 0.25) is 51.4 Å². The summed E-state index contributed by atoms with van der Waals surface area (Å²) in [5.74, 6) is -6.98. The third-order valence-corrected chi connectivity index (χ3v) is 19.9. The third kappa shape index (κ3) is 23.5. The number of aliphatic carboxylic acids is 1. The van der Waals surface area contributed by atoms with E-state index in [1.807, 2.05) is 13.8 Å². The Morgan fingerprint density at radius 3 is 1.87 bits per heavy atom. The van der Waals surface area contributed by atoms with Crippen LogP contribution in [0.25, 0.3) is 0 Å². The quantitative estimate of drug-likeness (QED) is 0.0512. The van der Waals surface area contributed by atoms with Crippen LogP contribution >= 0.6 is 0 Å². The molecule has 0 unspecified atom stereocenters. The number of hydrogen-bond acceptors (Lipinski definition) is 17. The highest BCUT2D eigenvalue weighted by Crippen LogP contribution is 2.31. The maximum absolute atomic E-state index is 14.8. The van der Waals surface area contributed by atoms with Crippen LogP contribution in [0.15, 0.2) is 54.6 Å². The van der Waals surface area contributed by atoms with Gasteiger partial charge in [-0.1, -0.05) is 97.4 Å². The summed E-state index contributed by atoms with van der Waals surface area (Å²) in [5, 5.41) is 19.6. The Morgan fingerprint density at radius 1 is 0.674 bits per heavy atom. The highest BCUT2D eigenvalue weighted by molar-refractivity contribution is 7.90. The zero-order valence-electron chi connectivity index (χ0n) is 57.3. The van der Waals surface area contributed by atoms with E-state index in [2.05, 4.69) is 26.0 Å². The first-order chi connectivity index (χ1) is 45.0. The summed E-state index contributed by atoms with van der Waals surface area (Å²) in [6.07, 6.45) is 1.01. The van der Waals surface area contributed by atoms with Crippen molar-refractivity contribution in [2.45, 2.75) is 186 Å². The molecule has 0 radical (unpaired) electrons. The van der Waals surface area contributed by atoms with E-state index < -0.39 is 135 Å². The number of hydrogen-bond donors (Lipinski definition) is 6. The fraction of sp³-hybridized carbons (Fsp3) is 0.672. The molecule has 2 saturated heterocycles. The molecule has 95 heavy (non-hydrogen) atoms. The van der Waals surface area contributed by atoms with Gasteiger partial charge in [0.15, 0.2) is 0 Å². The second-order valence-corrected chi connectivity index (χ2v) is 27.8. The number of sulfonamides is 1. The van der Waals surface area contributed by atoms with Crippen molar-refractivity contribution in [3.05, 3.63) is 65.7 Å². The maximum atomic E-state index is 14.8. The highest BCUT2D eigenvalue weighted by Gasteiger charge is 2.45. The first-order valence-corrected chi connectivity index (χ1v) is 34.6. The van der Waals surface area contributed by atoms with Gasteiger partial charge in [0.1, 0.15) is 30.8 Å². The number of carbonyl (C=O) groups is 10. The van der Waals surface area contributed by atoms with Gasteiger partial charge in [-0.3, -0.25) is 52.8 Å². The number of methoxy groups -OCH3 is 2. The lowest BCUT2D eigenvalue weighted by Gasteiger charge is -2.41. The Bertz CT molecular complexity index is 3000. The number of likely N-dealkylation sites (tertiary alicyclic amines) is 2. The molecule has 27 nitrogen and oxygen atoms in total. The molecule has 2 aromatic carbocycles. The van der Waals surface area contributed by atoms with Crippen molar-refractivity contribution in [1.29, 1.82) is 0 Å². The number of carboxylic acid groups (broad SMARTS) is 1.